The minimum atomic E-state index is -4.40. The van der Waals surface area contributed by atoms with Crippen LogP contribution in [0.3, 0.4) is 0 Å². The smallest absolute Gasteiger partial charge is 0.416 e. The molecule has 186 valence electrons. The molecular weight excluding hydrogens is 461 g/mol. The molecule has 2 aromatic carbocycles. The van der Waals surface area contributed by atoms with Gasteiger partial charge in [-0.2, -0.15) is 13.2 Å². The Kier molecular flexibility index (Phi) is 7.00. The number of rotatable bonds is 4. The minimum Gasteiger partial charge on any atom is -0.465 e. The predicted octanol–water partition coefficient (Wildman–Crippen LogP) is 3.54. The van der Waals surface area contributed by atoms with E-state index in [1.54, 1.807) is 13.0 Å². The number of ether oxygens (including phenoxy) is 1. The van der Waals surface area contributed by atoms with E-state index in [-0.39, 0.29) is 6.61 Å². The lowest BCUT2D eigenvalue weighted by atomic mass is 9.91. The fraction of sp³-hybridized carbons (Fsp3) is 0.400. The maximum absolute atomic E-state index is 13.1. The number of piperazine rings is 1. The van der Waals surface area contributed by atoms with Gasteiger partial charge >= 0.3 is 12.1 Å². The van der Waals surface area contributed by atoms with Gasteiger partial charge in [0, 0.05) is 31.9 Å². The zero-order valence-corrected chi connectivity index (χ0v) is 19.5. The van der Waals surface area contributed by atoms with Gasteiger partial charge in [-0.25, -0.2) is 4.99 Å². The summed E-state index contributed by atoms with van der Waals surface area (Å²) in [5.41, 5.74) is 1.57. The van der Waals surface area contributed by atoms with E-state index in [1.807, 2.05) is 41.0 Å². The first-order chi connectivity index (χ1) is 16.7. The van der Waals surface area contributed by atoms with Crippen LogP contribution in [0.15, 0.2) is 53.5 Å². The molecular formula is C25H27F3N4O3. The number of anilines is 1. The number of aryl methyl sites for hydroxylation is 1. The molecule has 4 rings (SSSR count). The summed E-state index contributed by atoms with van der Waals surface area (Å²) >= 11 is 0. The van der Waals surface area contributed by atoms with Crippen LogP contribution in [0.4, 0.5) is 18.9 Å². The van der Waals surface area contributed by atoms with Gasteiger partial charge in [-0.05, 0) is 37.6 Å². The SMILES string of the molecule is CCOC(=O)[C@@H]1C(=O)NC(N2CCN(c3cccc(C(F)(F)F)c3)CC2)=N[C@@H]1c1ccc(C)cc1. The second kappa shape index (κ2) is 9.97. The van der Waals surface area contributed by atoms with Crippen molar-refractivity contribution in [2.24, 2.45) is 10.9 Å². The highest BCUT2D eigenvalue weighted by Crippen LogP contribution is 2.33. The number of carbonyl (C=O) groups is 2. The number of amides is 1. The third kappa shape index (κ3) is 5.41. The minimum absolute atomic E-state index is 0.150. The Morgan fingerprint density at radius 1 is 1.09 bits per heavy atom. The average molecular weight is 489 g/mol. The predicted molar refractivity (Wildman–Crippen MR) is 125 cm³/mol. The normalized spacial score (nSPS) is 20.8. The summed E-state index contributed by atoms with van der Waals surface area (Å²) in [6, 6.07) is 12.0. The van der Waals surface area contributed by atoms with Crippen molar-refractivity contribution in [1.29, 1.82) is 0 Å². The molecule has 7 nitrogen and oxygen atoms in total. The Hall–Kier alpha value is -3.56. The summed E-state index contributed by atoms with van der Waals surface area (Å²) in [6.45, 7) is 5.56. The Bertz CT molecular complexity index is 1110. The summed E-state index contributed by atoms with van der Waals surface area (Å²) in [4.78, 5) is 34.1. The number of alkyl halides is 3. The van der Waals surface area contributed by atoms with Crippen LogP contribution in [-0.2, 0) is 20.5 Å². The third-order valence-electron chi connectivity index (χ3n) is 6.17. The van der Waals surface area contributed by atoms with E-state index in [9.17, 15) is 22.8 Å². The standard InChI is InChI=1S/C25H27F3N4O3/c1-3-35-23(34)20-21(17-9-7-16(2)8-10-17)29-24(30-22(20)33)32-13-11-31(12-14-32)19-6-4-5-18(15-19)25(26,27)28/h4-10,15,20-21H,3,11-14H2,1-2H3,(H,29,30,33)/t20-,21+/m0/s1. The fourth-order valence-electron chi connectivity index (χ4n) is 4.28. The maximum atomic E-state index is 13.1. The van der Waals surface area contributed by atoms with Crippen LogP contribution in [0.5, 0.6) is 0 Å². The van der Waals surface area contributed by atoms with Gasteiger partial charge in [0.25, 0.3) is 0 Å². The van der Waals surface area contributed by atoms with Crippen LogP contribution in [0, 0.1) is 12.8 Å². The number of esters is 1. The van der Waals surface area contributed by atoms with Crippen molar-refractivity contribution in [2.75, 3.05) is 37.7 Å². The van der Waals surface area contributed by atoms with Crippen LogP contribution in [0.25, 0.3) is 0 Å². The van der Waals surface area contributed by atoms with E-state index in [4.69, 9.17) is 9.73 Å². The maximum Gasteiger partial charge on any atom is 0.416 e. The van der Waals surface area contributed by atoms with Crippen molar-refractivity contribution < 1.29 is 27.5 Å². The first kappa shape index (κ1) is 24.6. The quantitative estimate of drug-likeness (QED) is 0.527. The van der Waals surface area contributed by atoms with E-state index in [1.165, 1.54) is 6.07 Å². The topological polar surface area (TPSA) is 74.2 Å². The highest BCUT2D eigenvalue weighted by Gasteiger charge is 2.42. The van der Waals surface area contributed by atoms with Crippen molar-refractivity contribution in [3.05, 3.63) is 65.2 Å². The van der Waals surface area contributed by atoms with Crippen molar-refractivity contribution in [3.8, 4) is 0 Å². The second-order valence-electron chi connectivity index (χ2n) is 8.55. The van der Waals surface area contributed by atoms with Gasteiger partial charge in [-0.15, -0.1) is 0 Å². The first-order valence-corrected chi connectivity index (χ1v) is 11.5. The Morgan fingerprint density at radius 3 is 2.37 bits per heavy atom. The molecule has 0 aliphatic carbocycles. The number of hydrogen-bond donors (Lipinski definition) is 1. The largest absolute Gasteiger partial charge is 0.465 e. The second-order valence-corrected chi connectivity index (χ2v) is 8.55. The molecule has 0 radical (unpaired) electrons. The Morgan fingerprint density at radius 2 is 1.74 bits per heavy atom. The zero-order valence-electron chi connectivity index (χ0n) is 19.5. The van der Waals surface area contributed by atoms with E-state index in [2.05, 4.69) is 5.32 Å². The monoisotopic (exact) mass is 488 g/mol. The molecule has 1 fully saturated rings. The van der Waals surface area contributed by atoms with E-state index in [0.29, 0.717) is 37.8 Å². The van der Waals surface area contributed by atoms with Crippen LogP contribution >= 0.6 is 0 Å². The van der Waals surface area contributed by atoms with Gasteiger partial charge in [0.15, 0.2) is 5.92 Å². The number of aliphatic imine (C=N–C) groups is 1. The fourth-order valence-corrected chi connectivity index (χ4v) is 4.28. The highest BCUT2D eigenvalue weighted by atomic mass is 19.4. The van der Waals surface area contributed by atoms with Crippen molar-refractivity contribution >= 4 is 23.5 Å². The van der Waals surface area contributed by atoms with Crippen LogP contribution in [-0.4, -0.2) is 55.5 Å². The summed E-state index contributed by atoms with van der Waals surface area (Å²) in [6.07, 6.45) is -4.40. The Labute approximate surface area is 201 Å². The summed E-state index contributed by atoms with van der Waals surface area (Å²) in [5, 5.41) is 2.74. The molecule has 2 atom stereocenters. The number of hydrogen-bond acceptors (Lipinski definition) is 6. The molecule has 0 spiro atoms. The van der Waals surface area contributed by atoms with E-state index in [0.717, 1.165) is 23.3 Å². The molecule has 1 saturated heterocycles. The van der Waals surface area contributed by atoms with Crippen LogP contribution < -0.4 is 10.2 Å². The summed E-state index contributed by atoms with van der Waals surface area (Å²) in [5.74, 6) is -1.87. The molecule has 2 aliphatic heterocycles. The molecule has 0 unspecified atom stereocenters. The van der Waals surface area contributed by atoms with Crippen molar-refractivity contribution in [1.82, 2.24) is 10.2 Å². The number of nitrogens with one attached hydrogen (secondary N) is 1. The number of guanidine groups is 1. The van der Waals surface area contributed by atoms with Gasteiger partial charge in [0.1, 0.15) is 6.04 Å². The Balaban J connectivity index is 1.54. The summed E-state index contributed by atoms with van der Waals surface area (Å²) < 4.78 is 44.4. The van der Waals surface area contributed by atoms with Crippen LogP contribution in [0.2, 0.25) is 0 Å². The molecule has 0 aromatic heterocycles. The van der Waals surface area contributed by atoms with Gasteiger partial charge in [-0.3, -0.25) is 14.9 Å². The lowest BCUT2D eigenvalue weighted by Gasteiger charge is -2.39. The number of carbonyl (C=O) groups excluding carboxylic acids is 2. The molecule has 35 heavy (non-hydrogen) atoms. The molecule has 0 bridgehead atoms. The molecule has 2 aliphatic rings. The number of benzene rings is 2. The molecule has 10 heteroatoms. The highest BCUT2D eigenvalue weighted by molar-refractivity contribution is 6.08. The molecule has 0 saturated carbocycles. The molecule has 2 heterocycles. The third-order valence-corrected chi connectivity index (χ3v) is 6.17. The van der Waals surface area contributed by atoms with Crippen LogP contribution in [0.1, 0.15) is 29.7 Å². The zero-order chi connectivity index (χ0) is 25.2. The van der Waals surface area contributed by atoms with Crippen molar-refractivity contribution in [2.45, 2.75) is 26.1 Å². The number of nitrogens with zero attached hydrogens (tertiary/aromatic N) is 3. The van der Waals surface area contributed by atoms with E-state index < -0.39 is 35.6 Å². The van der Waals surface area contributed by atoms with Gasteiger partial charge in [0.05, 0.1) is 12.2 Å². The van der Waals surface area contributed by atoms with Gasteiger partial charge in [0.2, 0.25) is 11.9 Å². The lowest BCUT2D eigenvalue weighted by molar-refractivity contribution is -0.153. The van der Waals surface area contributed by atoms with E-state index >= 15 is 0 Å². The van der Waals surface area contributed by atoms with Gasteiger partial charge in [-0.1, -0.05) is 35.9 Å². The lowest BCUT2D eigenvalue weighted by Crippen LogP contribution is -2.57. The van der Waals surface area contributed by atoms with Crippen molar-refractivity contribution in [3.63, 3.8) is 0 Å². The first-order valence-electron chi connectivity index (χ1n) is 11.5. The average Bonchev–Trinajstić information content (AvgIpc) is 2.84. The molecule has 1 amide bonds. The molecule has 1 N–H and O–H groups in total. The van der Waals surface area contributed by atoms with Gasteiger partial charge < -0.3 is 14.5 Å². The number of halogens is 3. The molecule has 2 aromatic rings. The summed E-state index contributed by atoms with van der Waals surface area (Å²) in [7, 11) is 0.